The van der Waals surface area contributed by atoms with Gasteiger partial charge < -0.3 is 14.6 Å². The summed E-state index contributed by atoms with van der Waals surface area (Å²) in [5.74, 6) is 1.40. The third-order valence-electron chi connectivity index (χ3n) is 5.18. The molecule has 1 aromatic carbocycles. The molecule has 1 saturated carbocycles. The Hall–Kier alpha value is -3.00. The molecule has 3 heterocycles. The van der Waals surface area contributed by atoms with Crippen molar-refractivity contribution in [2.75, 3.05) is 11.9 Å². The summed E-state index contributed by atoms with van der Waals surface area (Å²) in [6, 6.07) is 8.78. The number of carbonyl (C=O) groups excluding carboxylic acids is 1. The Bertz CT molecular complexity index is 1220. The molecule has 5 rings (SSSR count). The van der Waals surface area contributed by atoms with Crippen molar-refractivity contribution in [1.82, 2.24) is 19.5 Å². The zero-order valence-corrected chi connectivity index (χ0v) is 17.1. The number of carbonyl (C=O) groups is 1. The van der Waals surface area contributed by atoms with E-state index in [-0.39, 0.29) is 5.97 Å². The molecule has 4 aromatic rings. The predicted molar refractivity (Wildman–Crippen MR) is 113 cm³/mol. The van der Waals surface area contributed by atoms with E-state index < -0.39 is 0 Å². The van der Waals surface area contributed by atoms with Gasteiger partial charge in [0.15, 0.2) is 0 Å². The quantitative estimate of drug-likeness (QED) is 0.475. The van der Waals surface area contributed by atoms with Gasteiger partial charge in [0.1, 0.15) is 27.7 Å². The molecule has 29 heavy (non-hydrogen) atoms. The number of esters is 1. The monoisotopic (exact) mass is 407 g/mol. The minimum absolute atomic E-state index is 0.311. The summed E-state index contributed by atoms with van der Waals surface area (Å²) in [6.07, 6.45) is 3.91. The number of aromatic nitrogens is 4. The van der Waals surface area contributed by atoms with E-state index in [0.717, 1.165) is 27.1 Å². The van der Waals surface area contributed by atoms with Gasteiger partial charge in [-0.1, -0.05) is 12.1 Å². The maximum absolute atomic E-state index is 12.3. The summed E-state index contributed by atoms with van der Waals surface area (Å²) in [4.78, 5) is 27.2. The average Bonchev–Trinajstić information content (AvgIpc) is 3.41. The van der Waals surface area contributed by atoms with Crippen LogP contribution in [0.1, 0.15) is 46.9 Å². The lowest BCUT2D eigenvalue weighted by molar-refractivity contribution is 0.0531. The van der Waals surface area contributed by atoms with Gasteiger partial charge in [-0.15, -0.1) is 11.3 Å². The van der Waals surface area contributed by atoms with Crippen molar-refractivity contribution in [2.45, 2.75) is 39.3 Å². The Balaban J connectivity index is 1.49. The van der Waals surface area contributed by atoms with Crippen LogP contribution in [0.3, 0.4) is 0 Å². The number of thiophene rings is 1. The molecule has 7 nitrogen and oxygen atoms in total. The third-order valence-corrected chi connectivity index (χ3v) is 6.36. The van der Waals surface area contributed by atoms with Gasteiger partial charge in [0, 0.05) is 6.04 Å². The predicted octanol–water partition coefficient (Wildman–Crippen LogP) is 4.47. The van der Waals surface area contributed by atoms with Gasteiger partial charge in [0.2, 0.25) is 0 Å². The minimum atomic E-state index is -0.311. The van der Waals surface area contributed by atoms with E-state index in [0.29, 0.717) is 29.9 Å². The van der Waals surface area contributed by atoms with Gasteiger partial charge in [-0.05, 0) is 44.4 Å². The maximum atomic E-state index is 12.3. The number of fused-ring (bicyclic) bond motifs is 2. The van der Waals surface area contributed by atoms with Crippen molar-refractivity contribution in [3.05, 3.63) is 46.9 Å². The number of aryl methyl sites for hydroxylation is 1. The van der Waals surface area contributed by atoms with Crippen LogP contribution in [-0.2, 0) is 11.3 Å². The van der Waals surface area contributed by atoms with Gasteiger partial charge in [-0.25, -0.2) is 19.7 Å². The van der Waals surface area contributed by atoms with Gasteiger partial charge in [-0.2, -0.15) is 0 Å². The first-order valence-corrected chi connectivity index (χ1v) is 10.6. The van der Waals surface area contributed by atoms with Crippen LogP contribution >= 0.6 is 11.3 Å². The molecule has 8 heteroatoms. The lowest BCUT2D eigenvalue weighted by Crippen LogP contribution is -2.09. The summed E-state index contributed by atoms with van der Waals surface area (Å²) in [7, 11) is 0. The lowest BCUT2D eigenvalue weighted by atomic mass is 10.2. The normalized spacial score (nSPS) is 13.9. The molecule has 0 atom stereocenters. The standard InChI is InChI=1S/C21H21N5O2S/c1-3-28-21(27)18-12(2)17-19(23-11-24-20(17)29-18)22-10-16-25-14-6-4-5-7-15(14)26(16)13-8-9-13/h4-7,11,13H,3,8-10H2,1-2H3,(H,22,23,24). The maximum Gasteiger partial charge on any atom is 0.348 e. The number of benzene rings is 1. The second kappa shape index (κ2) is 7.11. The number of anilines is 1. The zero-order chi connectivity index (χ0) is 20.0. The van der Waals surface area contributed by atoms with Crippen molar-refractivity contribution in [1.29, 1.82) is 0 Å². The Morgan fingerprint density at radius 1 is 1.31 bits per heavy atom. The minimum Gasteiger partial charge on any atom is -0.462 e. The molecule has 0 bridgehead atoms. The van der Waals surface area contributed by atoms with Gasteiger partial charge in [-0.3, -0.25) is 0 Å². The highest BCUT2D eigenvalue weighted by molar-refractivity contribution is 7.20. The zero-order valence-electron chi connectivity index (χ0n) is 16.3. The highest BCUT2D eigenvalue weighted by atomic mass is 32.1. The first-order valence-electron chi connectivity index (χ1n) is 9.78. The Morgan fingerprint density at radius 2 is 2.14 bits per heavy atom. The number of hydrogen-bond donors (Lipinski definition) is 1. The fourth-order valence-corrected chi connectivity index (χ4v) is 4.76. The molecule has 1 N–H and O–H groups in total. The summed E-state index contributed by atoms with van der Waals surface area (Å²) in [5.41, 5.74) is 3.04. The Kier molecular flexibility index (Phi) is 4.43. The van der Waals surface area contributed by atoms with Crippen LogP contribution < -0.4 is 5.32 Å². The average molecular weight is 407 g/mol. The van der Waals surface area contributed by atoms with E-state index in [2.05, 4.69) is 38.1 Å². The largest absolute Gasteiger partial charge is 0.462 e. The second-order valence-corrected chi connectivity index (χ2v) is 8.15. The van der Waals surface area contributed by atoms with E-state index in [4.69, 9.17) is 9.72 Å². The molecule has 3 aromatic heterocycles. The van der Waals surface area contributed by atoms with Crippen LogP contribution in [0.15, 0.2) is 30.6 Å². The van der Waals surface area contributed by atoms with Crippen molar-refractivity contribution < 1.29 is 9.53 Å². The second-order valence-electron chi connectivity index (χ2n) is 7.15. The smallest absolute Gasteiger partial charge is 0.348 e. The third kappa shape index (κ3) is 3.13. The molecule has 0 saturated heterocycles. The molecule has 0 amide bonds. The Labute approximate surface area is 171 Å². The van der Waals surface area contributed by atoms with Gasteiger partial charge >= 0.3 is 5.97 Å². The van der Waals surface area contributed by atoms with Crippen molar-refractivity contribution in [3.63, 3.8) is 0 Å². The summed E-state index contributed by atoms with van der Waals surface area (Å²) in [6.45, 7) is 4.63. The van der Waals surface area contributed by atoms with Gasteiger partial charge in [0.25, 0.3) is 0 Å². The topological polar surface area (TPSA) is 81.9 Å². The molecule has 1 aliphatic carbocycles. The molecule has 148 valence electrons. The lowest BCUT2D eigenvalue weighted by Gasteiger charge is -2.10. The molecule has 0 spiro atoms. The molecule has 0 aliphatic heterocycles. The van der Waals surface area contributed by atoms with Crippen LogP contribution in [0.4, 0.5) is 5.82 Å². The van der Waals surface area contributed by atoms with Crippen molar-refractivity contribution in [3.8, 4) is 0 Å². The molecule has 0 unspecified atom stereocenters. The van der Waals surface area contributed by atoms with E-state index in [1.54, 1.807) is 6.92 Å². The first-order chi connectivity index (χ1) is 14.2. The van der Waals surface area contributed by atoms with Crippen molar-refractivity contribution >= 4 is 44.4 Å². The van der Waals surface area contributed by atoms with Crippen LogP contribution in [0.5, 0.6) is 0 Å². The number of hydrogen-bond acceptors (Lipinski definition) is 7. The number of imidazole rings is 1. The van der Waals surface area contributed by atoms with Crippen LogP contribution in [0.25, 0.3) is 21.3 Å². The molecule has 1 aliphatic rings. The summed E-state index contributed by atoms with van der Waals surface area (Å²) >= 11 is 1.34. The molecule has 1 fully saturated rings. The molecule has 0 radical (unpaired) electrons. The SMILES string of the molecule is CCOC(=O)c1sc2ncnc(NCc3nc4ccccc4n3C3CC3)c2c1C. The van der Waals surface area contributed by atoms with E-state index >= 15 is 0 Å². The molecular weight excluding hydrogens is 386 g/mol. The number of ether oxygens (including phenoxy) is 1. The Morgan fingerprint density at radius 3 is 2.93 bits per heavy atom. The highest BCUT2D eigenvalue weighted by Gasteiger charge is 2.28. The fourth-order valence-electron chi connectivity index (χ4n) is 3.72. The van der Waals surface area contributed by atoms with Gasteiger partial charge in [0.05, 0.1) is 29.6 Å². The summed E-state index contributed by atoms with van der Waals surface area (Å²) in [5, 5.41) is 4.30. The van der Waals surface area contributed by atoms with E-state index in [1.807, 2.05) is 13.0 Å². The fraction of sp³-hybridized carbons (Fsp3) is 0.333. The van der Waals surface area contributed by atoms with Crippen LogP contribution in [0, 0.1) is 6.92 Å². The highest BCUT2D eigenvalue weighted by Crippen LogP contribution is 2.39. The number of nitrogens with one attached hydrogen (secondary N) is 1. The van der Waals surface area contributed by atoms with Crippen molar-refractivity contribution in [2.24, 2.45) is 0 Å². The number of para-hydroxylation sites is 2. The number of nitrogens with zero attached hydrogens (tertiary/aromatic N) is 4. The first kappa shape index (κ1) is 18.1. The van der Waals surface area contributed by atoms with E-state index in [1.165, 1.54) is 36.0 Å². The van der Waals surface area contributed by atoms with Crippen LogP contribution in [-0.4, -0.2) is 32.1 Å². The number of rotatable bonds is 6. The summed E-state index contributed by atoms with van der Waals surface area (Å²) < 4.78 is 7.52. The van der Waals surface area contributed by atoms with Crippen LogP contribution in [0.2, 0.25) is 0 Å². The van der Waals surface area contributed by atoms with E-state index in [9.17, 15) is 4.79 Å². The molecular formula is C21H21N5O2S.